The molecule has 0 aromatic heterocycles. The van der Waals surface area contributed by atoms with Gasteiger partial charge in [-0.25, -0.2) is 0 Å². The number of phenols is 1. The summed E-state index contributed by atoms with van der Waals surface area (Å²) in [6.07, 6.45) is 2.29. The van der Waals surface area contributed by atoms with E-state index in [1.807, 2.05) is 6.07 Å². The Kier molecular flexibility index (Phi) is 4.08. The maximum atomic E-state index is 10.1. The SMILES string of the molecule is CCC(C)(CC)c1ccc2cc(O)c(C(C)C)cc2c1. The van der Waals surface area contributed by atoms with Gasteiger partial charge in [-0.05, 0) is 58.2 Å². The lowest BCUT2D eigenvalue weighted by Gasteiger charge is -2.27. The zero-order chi connectivity index (χ0) is 14.9. The molecule has 2 aromatic carbocycles. The van der Waals surface area contributed by atoms with Crippen molar-refractivity contribution in [3.63, 3.8) is 0 Å². The van der Waals surface area contributed by atoms with E-state index in [1.165, 1.54) is 10.9 Å². The minimum absolute atomic E-state index is 0.240. The van der Waals surface area contributed by atoms with Crippen LogP contribution in [0.2, 0.25) is 0 Å². The van der Waals surface area contributed by atoms with Gasteiger partial charge in [0, 0.05) is 0 Å². The van der Waals surface area contributed by atoms with Crippen LogP contribution in [0.15, 0.2) is 30.3 Å². The van der Waals surface area contributed by atoms with E-state index in [0.717, 1.165) is 23.8 Å². The molecule has 2 rings (SSSR count). The third-order valence-electron chi connectivity index (χ3n) is 4.87. The third-order valence-corrected chi connectivity index (χ3v) is 4.87. The van der Waals surface area contributed by atoms with Crippen molar-refractivity contribution in [2.45, 2.75) is 58.8 Å². The van der Waals surface area contributed by atoms with Crippen molar-refractivity contribution in [1.29, 1.82) is 0 Å². The summed E-state index contributed by atoms with van der Waals surface area (Å²) in [5.74, 6) is 0.751. The summed E-state index contributed by atoms with van der Waals surface area (Å²) in [5, 5.41) is 12.4. The first-order valence-corrected chi connectivity index (χ1v) is 7.68. The van der Waals surface area contributed by atoms with Crippen LogP contribution < -0.4 is 0 Å². The molecule has 1 heteroatoms. The van der Waals surface area contributed by atoms with Crippen molar-refractivity contribution < 1.29 is 5.11 Å². The molecule has 0 spiro atoms. The summed E-state index contributed by atoms with van der Waals surface area (Å²) in [6, 6.07) is 10.7. The fourth-order valence-electron chi connectivity index (χ4n) is 2.80. The van der Waals surface area contributed by atoms with E-state index < -0.39 is 0 Å². The number of fused-ring (bicyclic) bond motifs is 1. The van der Waals surface area contributed by atoms with Crippen LogP contribution in [0.25, 0.3) is 10.8 Å². The lowest BCUT2D eigenvalue weighted by molar-refractivity contribution is 0.439. The molecule has 0 aliphatic carbocycles. The molecule has 0 fully saturated rings. The molecule has 0 aliphatic heterocycles. The summed E-state index contributed by atoms with van der Waals surface area (Å²) in [4.78, 5) is 0. The maximum Gasteiger partial charge on any atom is 0.119 e. The van der Waals surface area contributed by atoms with E-state index >= 15 is 0 Å². The summed E-state index contributed by atoms with van der Waals surface area (Å²) in [6.45, 7) is 11.1. The van der Waals surface area contributed by atoms with E-state index in [4.69, 9.17) is 0 Å². The molecule has 0 atom stereocenters. The van der Waals surface area contributed by atoms with Gasteiger partial charge in [0.25, 0.3) is 0 Å². The molecular formula is C19H26O. The fraction of sp³-hybridized carbons (Fsp3) is 0.474. The minimum Gasteiger partial charge on any atom is -0.508 e. The predicted molar refractivity (Wildman–Crippen MR) is 87.6 cm³/mol. The molecule has 0 saturated heterocycles. The van der Waals surface area contributed by atoms with E-state index in [2.05, 4.69) is 58.9 Å². The monoisotopic (exact) mass is 270 g/mol. The quantitative estimate of drug-likeness (QED) is 0.750. The molecule has 1 nitrogen and oxygen atoms in total. The number of hydrogen-bond acceptors (Lipinski definition) is 1. The molecule has 0 unspecified atom stereocenters. The van der Waals surface area contributed by atoms with Crippen molar-refractivity contribution in [3.05, 3.63) is 41.5 Å². The molecule has 0 radical (unpaired) electrons. The Balaban J connectivity index is 2.61. The minimum atomic E-state index is 0.240. The van der Waals surface area contributed by atoms with Crippen molar-refractivity contribution >= 4 is 10.8 Å². The van der Waals surface area contributed by atoms with Crippen LogP contribution in [0.4, 0.5) is 0 Å². The van der Waals surface area contributed by atoms with E-state index in [0.29, 0.717) is 11.7 Å². The van der Waals surface area contributed by atoms with Gasteiger partial charge in [0.05, 0.1) is 0 Å². The summed E-state index contributed by atoms with van der Waals surface area (Å²) >= 11 is 0. The standard InChI is InChI=1S/C19H26O/c1-6-19(5,7-2)16-9-8-14-12-18(20)17(13(3)4)11-15(14)10-16/h8-13,20H,6-7H2,1-5H3. The summed E-state index contributed by atoms with van der Waals surface area (Å²) < 4.78 is 0. The van der Waals surface area contributed by atoms with Crippen LogP contribution in [0.1, 0.15) is 64.5 Å². The Labute approximate surface area is 122 Å². The fourth-order valence-corrected chi connectivity index (χ4v) is 2.80. The van der Waals surface area contributed by atoms with Crippen LogP contribution in [0, 0.1) is 0 Å². The van der Waals surface area contributed by atoms with Crippen molar-refractivity contribution in [2.24, 2.45) is 0 Å². The Bertz CT molecular complexity index is 606. The zero-order valence-electron chi connectivity index (χ0n) is 13.3. The molecule has 2 aromatic rings. The van der Waals surface area contributed by atoms with Crippen LogP contribution in [0.3, 0.4) is 0 Å². The second-order valence-electron chi connectivity index (χ2n) is 6.40. The first kappa shape index (κ1) is 14.9. The van der Waals surface area contributed by atoms with E-state index in [-0.39, 0.29) is 5.41 Å². The highest BCUT2D eigenvalue weighted by molar-refractivity contribution is 5.86. The predicted octanol–water partition coefficient (Wildman–Crippen LogP) is 5.75. The topological polar surface area (TPSA) is 20.2 Å². The molecule has 0 heterocycles. The van der Waals surface area contributed by atoms with Gasteiger partial charge in [0.15, 0.2) is 0 Å². The van der Waals surface area contributed by atoms with Gasteiger partial charge in [-0.1, -0.05) is 52.8 Å². The largest absolute Gasteiger partial charge is 0.508 e. The zero-order valence-corrected chi connectivity index (χ0v) is 13.3. The van der Waals surface area contributed by atoms with Crippen LogP contribution in [-0.4, -0.2) is 5.11 Å². The molecule has 0 bridgehead atoms. The van der Waals surface area contributed by atoms with Gasteiger partial charge in [-0.3, -0.25) is 0 Å². The van der Waals surface area contributed by atoms with Gasteiger partial charge in [-0.15, -0.1) is 0 Å². The second-order valence-corrected chi connectivity index (χ2v) is 6.40. The maximum absolute atomic E-state index is 10.1. The van der Waals surface area contributed by atoms with Crippen LogP contribution in [-0.2, 0) is 5.41 Å². The van der Waals surface area contributed by atoms with Crippen molar-refractivity contribution in [2.75, 3.05) is 0 Å². The number of benzene rings is 2. The van der Waals surface area contributed by atoms with E-state index in [1.54, 1.807) is 0 Å². The average Bonchev–Trinajstić information content (AvgIpc) is 2.45. The Hall–Kier alpha value is -1.50. The Morgan fingerprint density at radius 3 is 2.20 bits per heavy atom. The van der Waals surface area contributed by atoms with Gasteiger partial charge in [-0.2, -0.15) is 0 Å². The molecule has 0 aliphatic rings. The van der Waals surface area contributed by atoms with E-state index in [9.17, 15) is 5.11 Å². The highest BCUT2D eigenvalue weighted by atomic mass is 16.3. The summed E-state index contributed by atoms with van der Waals surface area (Å²) in [5.41, 5.74) is 2.67. The summed E-state index contributed by atoms with van der Waals surface area (Å²) in [7, 11) is 0. The van der Waals surface area contributed by atoms with Crippen molar-refractivity contribution in [3.8, 4) is 5.75 Å². The first-order chi connectivity index (χ1) is 9.41. The normalized spacial score (nSPS) is 12.3. The Morgan fingerprint density at radius 2 is 1.65 bits per heavy atom. The molecule has 0 amide bonds. The van der Waals surface area contributed by atoms with Crippen LogP contribution in [0.5, 0.6) is 5.75 Å². The molecule has 0 saturated carbocycles. The number of aromatic hydroxyl groups is 1. The van der Waals surface area contributed by atoms with Gasteiger partial charge in [0.1, 0.15) is 5.75 Å². The average molecular weight is 270 g/mol. The third kappa shape index (κ3) is 2.54. The molecular weight excluding hydrogens is 244 g/mol. The molecule has 108 valence electrons. The number of hydrogen-bond donors (Lipinski definition) is 1. The molecule has 1 N–H and O–H groups in total. The highest BCUT2D eigenvalue weighted by Crippen LogP contribution is 2.35. The smallest absolute Gasteiger partial charge is 0.119 e. The first-order valence-electron chi connectivity index (χ1n) is 7.68. The Morgan fingerprint density at radius 1 is 1.00 bits per heavy atom. The highest BCUT2D eigenvalue weighted by Gasteiger charge is 2.22. The number of rotatable bonds is 4. The van der Waals surface area contributed by atoms with Gasteiger partial charge >= 0.3 is 0 Å². The lowest BCUT2D eigenvalue weighted by atomic mass is 9.77. The van der Waals surface area contributed by atoms with Gasteiger partial charge in [0.2, 0.25) is 0 Å². The number of phenolic OH excluding ortho intramolecular Hbond substituents is 1. The second kappa shape index (κ2) is 5.47. The van der Waals surface area contributed by atoms with Crippen molar-refractivity contribution in [1.82, 2.24) is 0 Å². The van der Waals surface area contributed by atoms with Gasteiger partial charge < -0.3 is 5.11 Å². The molecule has 20 heavy (non-hydrogen) atoms. The lowest BCUT2D eigenvalue weighted by Crippen LogP contribution is -2.19. The van der Waals surface area contributed by atoms with Crippen LogP contribution >= 0.6 is 0 Å².